The van der Waals surface area contributed by atoms with Gasteiger partial charge in [0.1, 0.15) is 12.7 Å². The van der Waals surface area contributed by atoms with Gasteiger partial charge in [0.2, 0.25) is 0 Å². The summed E-state index contributed by atoms with van der Waals surface area (Å²) in [4.78, 5) is 16.3. The molecular formula is C17H16ClN5O2. The van der Waals surface area contributed by atoms with Crippen molar-refractivity contribution in [2.45, 2.75) is 13.0 Å². The van der Waals surface area contributed by atoms with Crippen molar-refractivity contribution in [3.8, 4) is 5.69 Å². The number of nitro benzene ring substituents is 1. The van der Waals surface area contributed by atoms with E-state index in [1.165, 1.54) is 18.5 Å². The lowest BCUT2D eigenvalue weighted by atomic mass is 10.1. The number of rotatable bonds is 5. The van der Waals surface area contributed by atoms with Crippen LogP contribution in [0, 0.1) is 10.1 Å². The fourth-order valence-corrected chi connectivity index (χ4v) is 2.88. The summed E-state index contributed by atoms with van der Waals surface area (Å²) in [7, 11) is 1.91. The molecule has 1 aromatic heterocycles. The molecule has 0 radical (unpaired) electrons. The Balaban J connectivity index is 1.82. The third kappa shape index (κ3) is 3.46. The zero-order valence-electron chi connectivity index (χ0n) is 13.7. The smallest absolute Gasteiger partial charge is 0.271 e. The van der Waals surface area contributed by atoms with Crippen molar-refractivity contribution in [2.24, 2.45) is 0 Å². The third-order valence-corrected chi connectivity index (χ3v) is 4.46. The lowest BCUT2D eigenvalue weighted by Crippen LogP contribution is -2.22. The maximum atomic E-state index is 10.8. The predicted molar refractivity (Wildman–Crippen MR) is 96.3 cm³/mol. The Hall–Kier alpha value is -2.93. The van der Waals surface area contributed by atoms with Gasteiger partial charge in [0.05, 0.1) is 27.4 Å². The summed E-state index contributed by atoms with van der Waals surface area (Å²) in [6.45, 7) is 2.04. The lowest BCUT2D eigenvalue weighted by molar-refractivity contribution is -0.384. The van der Waals surface area contributed by atoms with Crippen molar-refractivity contribution < 1.29 is 4.92 Å². The molecule has 1 atom stereocenters. The van der Waals surface area contributed by atoms with Gasteiger partial charge in [-0.1, -0.05) is 23.7 Å². The molecule has 1 heterocycles. The summed E-state index contributed by atoms with van der Waals surface area (Å²) < 4.78 is 1.69. The van der Waals surface area contributed by atoms with E-state index in [9.17, 15) is 10.1 Å². The average molecular weight is 358 g/mol. The summed E-state index contributed by atoms with van der Waals surface area (Å²) in [5.41, 5.74) is 2.72. The van der Waals surface area contributed by atoms with Crippen molar-refractivity contribution in [1.29, 1.82) is 0 Å². The molecule has 0 aliphatic carbocycles. The number of nitro groups is 1. The van der Waals surface area contributed by atoms with Crippen LogP contribution in [0.25, 0.3) is 5.69 Å². The highest BCUT2D eigenvalue weighted by molar-refractivity contribution is 6.33. The molecule has 7 nitrogen and oxygen atoms in total. The summed E-state index contributed by atoms with van der Waals surface area (Å²) in [5, 5.41) is 15.3. The summed E-state index contributed by atoms with van der Waals surface area (Å²) in [6.07, 6.45) is 3.13. The highest BCUT2D eigenvalue weighted by atomic mass is 35.5. The van der Waals surface area contributed by atoms with E-state index in [4.69, 9.17) is 11.6 Å². The molecule has 0 fully saturated rings. The fraction of sp³-hybridized carbons (Fsp3) is 0.176. The molecule has 8 heteroatoms. The molecule has 0 bridgehead atoms. The van der Waals surface area contributed by atoms with Crippen LogP contribution < -0.4 is 4.90 Å². The quantitative estimate of drug-likeness (QED) is 0.509. The molecule has 25 heavy (non-hydrogen) atoms. The van der Waals surface area contributed by atoms with E-state index >= 15 is 0 Å². The van der Waals surface area contributed by atoms with E-state index < -0.39 is 4.92 Å². The molecule has 0 aliphatic rings. The second kappa shape index (κ2) is 6.90. The van der Waals surface area contributed by atoms with Gasteiger partial charge in [0, 0.05) is 19.2 Å². The van der Waals surface area contributed by atoms with E-state index in [2.05, 4.69) is 10.1 Å². The van der Waals surface area contributed by atoms with Crippen molar-refractivity contribution in [3.63, 3.8) is 0 Å². The Morgan fingerprint density at radius 1 is 1.24 bits per heavy atom. The van der Waals surface area contributed by atoms with E-state index in [1.807, 2.05) is 43.1 Å². The van der Waals surface area contributed by atoms with Gasteiger partial charge in [-0.25, -0.2) is 9.67 Å². The molecule has 3 rings (SSSR count). The molecule has 0 spiro atoms. The minimum absolute atomic E-state index is 0.0213. The second-order valence-electron chi connectivity index (χ2n) is 5.61. The molecular weight excluding hydrogens is 342 g/mol. The Morgan fingerprint density at radius 3 is 2.52 bits per heavy atom. The van der Waals surface area contributed by atoms with Gasteiger partial charge in [-0.15, -0.1) is 0 Å². The SMILES string of the molecule is C[C@@H](c1ccc(-n2cncn2)cc1)N(C)c1ccc([N+](=O)[O-])cc1Cl. The Morgan fingerprint density at radius 2 is 1.96 bits per heavy atom. The molecule has 0 amide bonds. The number of halogens is 1. The number of nitrogens with zero attached hydrogens (tertiary/aromatic N) is 5. The average Bonchev–Trinajstić information content (AvgIpc) is 3.15. The highest BCUT2D eigenvalue weighted by Crippen LogP contribution is 2.33. The highest BCUT2D eigenvalue weighted by Gasteiger charge is 2.17. The van der Waals surface area contributed by atoms with E-state index in [-0.39, 0.29) is 11.7 Å². The summed E-state index contributed by atoms with van der Waals surface area (Å²) >= 11 is 6.23. The minimum Gasteiger partial charge on any atom is -0.367 e. The van der Waals surface area contributed by atoms with Crippen LogP contribution in [0.4, 0.5) is 11.4 Å². The van der Waals surface area contributed by atoms with E-state index in [1.54, 1.807) is 17.1 Å². The van der Waals surface area contributed by atoms with Gasteiger partial charge >= 0.3 is 0 Å². The van der Waals surface area contributed by atoms with E-state index in [0.717, 1.165) is 16.9 Å². The number of hydrogen-bond donors (Lipinski definition) is 0. The Kier molecular flexibility index (Phi) is 4.67. The number of aromatic nitrogens is 3. The molecule has 0 saturated heterocycles. The van der Waals surface area contributed by atoms with Crippen LogP contribution in [0.15, 0.2) is 55.1 Å². The van der Waals surface area contributed by atoms with Crippen molar-refractivity contribution >= 4 is 23.0 Å². The lowest BCUT2D eigenvalue weighted by Gasteiger charge is -2.28. The summed E-state index contributed by atoms with van der Waals surface area (Å²) in [6, 6.07) is 12.5. The normalized spacial score (nSPS) is 12.0. The van der Waals surface area contributed by atoms with Gasteiger partial charge in [-0.3, -0.25) is 10.1 Å². The Bertz CT molecular complexity index is 881. The van der Waals surface area contributed by atoms with Gasteiger partial charge in [0.25, 0.3) is 5.69 Å². The van der Waals surface area contributed by atoms with Crippen LogP contribution in [-0.2, 0) is 0 Å². The van der Waals surface area contributed by atoms with Gasteiger partial charge in [0.15, 0.2) is 0 Å². The fourth-order valence-electron chi connectivity index (χ4n) is 2.57. The first-order valence-electron chi connectivity index (χ1n) is 7.59. The van der Waals surface area contributed by atoms with Crippen LogP contribution in [0.2, 0.25) is 5.02 Å². The molecule has 0 saturated carbocycles. The van der Waals surface area contributed by atoms with Crippen molar-refractivity contribution in [1.82, 2.24) is 14.8 Å². The van der Waals surface area contributed by atoms with Crippen molar-refractivity contribution in [3.05, 3.63) is 75.8 Å². The van der Waals surface area contributed by atoms with Crippen LogP contribution in [0.1, 0.15) is 18.5 Å². The first kappa shape index (κ1) is 16.9. The first-order valence-corrected chi connectivity index (χ1v) is 7.97. The second-order valence-corrected chi connectivity index (χ2v) is 6.02. The molecule has 0 aliphatic heterocycles. The zero-order chi connectivity index (χ0) is 18.0. The standard InChI is InChI=1S/C17H16ClN5O2/c1-12(13-3-5-14(6-4-13)22-11-19-10-20-22)21(2)17-8-7-15(23(24)25)9-16(17)18/h3-12H,1-2H3/t12-/m0/s1. The maximum absolute atomic E-state index is 10.8. The number of non-ortho nitro benzene ring substituents is 1. The largest absolute Gasteiger partial charge is 0.367 e. The van der Waals surface area contributed by atoms with Crippen LogP contribution in [-0.4, -0.2) is 26.7 Å². The zero-order valence-corrected chi connectivity index (χ0v) is 14.5. The predicted octanol–water partition coefficient (Wildman–Crippen LogP) is 4.03. The monoisotopic (exact) mass is 357 g/mol. The van der Waals surface area contributed by atoms with Crippen LogP contribution >= 0.6 is 11.6 Å². The minimum atomic E-state index is -0.456. The maximum Gasteiger partial charge on any atom is 0.271 e. The molecule has 0 N–H and O–H groups in total. The van der Waals surface area contributed by atoms with Crippen molar-refractivity contribution in [2.75, 3.05) is 11.9 Å². The van der Waals surface area contributed by atoms with Gasteiger partial charge in [-0.05, 0) is 30.7 Å². The van der Waals surface area contributed by atoms with Crippen LogP contribution in [0.5, 0.6) is 0 Å². The first-order chi connectivity index (χ1) is 12.0. The van der Waals surface area contributed by atoms with Gasteiger partial charge < -0.3 is 4.90 Å². The summed E-state index contributed by atoms with van der Waals surface area (Å²) in [5.74, 6) is 0. The van der Waals surface area contributed by atoms with E-state index in [0.29, 0.717) is 5.02 Å². The number of hydrogen-bond acceptors (Lipinski definition) is 5. The van der Waals surface area contributed by atoms with Gasteiger partial charge in [-0.2, -0.15) is 5.10 Å². The number of benzene rings is 2. The number of anilines is 1. The molecule has 0 unspecified atom stereocenters. The van der Waals surface area contributed by atoms with Crippen LogP contribution in [0.3, 0.4) is 0 Å². The molecule has 2 aromatic carbocycles. The topological polar surface area (TPSA) is 77.1 Å². The third-order valence-electron chi connectivity index (χ3n) is 4.16. The molecule has 128 valence electrons. The Labute approximate surface area is 149 Å². The molecule has 3 aromatic rings.